The van der Waals surface area contributed by atoms with Gasteiger partial charge in [-0.2, -0.15) is 0 Å². The van der Waals surface area contributed by atoms with Gasteiger partial charge in [-0.05, 0) is 74.8 Å². The predicted molar refractivity (Wildman–Crippen MR) is 120 cm³/mol. The van der Waals surface area contributed by atoms with Gasteiger partial charge in [-0.15, -0.1) is 11.3 Å². The number of nitrogens with one attached hydrogen (secondary N) is 1. The van der Waals surface area contributed by atoms with Crippen LogP contribution in [0.1, 0.15) is 48.6 Å². The van der Waals surface area contributed by atoms with Crippen LogP contribution in [-0.2, 0) is 4.79 Å². The van der Waals surface area contributed by atoms with Crippen molar-refractivity contribution in [3.8, 4) is 0 Å². The van der Waals surface area contributed by atoms with Crippen LogP contribution in [0, 0.1) is 5.92 Å². The Morgan fingerprint density at radius 3 is 2.45 bits per heavy atom. The van der Waals surface area contributed by atoms with Gasteiger partial charge in [0, 0.05) is 24.4 Å². The largest absolute Gasteiger partial charge is 0.344 e. The van der Waals surface area contributed by atoms with Crippen molar-refractivity contribution in [2.24, 2.45) is 5.92 Å². The number of hydrogen-bond donors (Lipinski definition) is 1. The van der Waals surface area contributed by atoms with E-state index < -0.39 is 0 Å². The molecule has 0 aliphatic carbocycles. The standard InChI is InChI=1S/C24H33N3OS/c28-23(25-24(22-9-6-18-29-22)21-7-2-1-3-8-21)12-17-26-15-10-20(11-16-26)19-27-13-4-5-14-27/h1-3,6-9,18,20,24H,4-5,10-17,19H2,(H,25,28). The Balaban J connectivity index is 1.23. The highest BCUT2D eigenvalue weighted by Gasteiger charge is 2.23. The Labute approximate surface area is 178 Å². The van der Waals surface area contributed by atoms with Crippen molar-refractivity contribution in [1.29, 1.82) is 0 Å². The Kier molecular flexibility index (Phi) is 7.36. The number of amides is 1. The van der Waals surface area contributed by atoms with Crippen molar-refractivity contribution in [2.45, 2.75) is 38.1 Å². The normalized spacial score (nSPS) is 20.0. The van der Waals surface area contributed by atoms with E-state index in [2.05, 4.69) is 38.7 Å². The predicted octanol–water partition coefficient (Wildman–Crippen LogP) is 4.15. The zero-order valence-electron chi connectivity index (χ0n) is 17.3. The van der Waals surface area contributed by atoms with Gasteiger partial charge in [0.15, 0.2) is 0 Å². The van der Waals surface area contributed by atoms with Gasteiger partial charge < -0.3 is 15.1 Å². The first-order valence-electron chi connectivity index (χ1n) is 11.1. The minimum absolute atomic E-state index is 0.0464. The molecular weight excluding hydrogens is 378 g/mol. The van der Waals surface area contributed by atoms with Crippen molar-refractivity contribution in [2.75, 3.05) is 39.3 Å². The van der Waals surface area contributed by atoms with Gasteiger partial charge in [0.1, 0.15) is 0 Å². The topological polar surface area (TPSA) is 35.6 Å². The first-order chi connectivity index (χ1) is 14.3. The lowest BCUT2D eigenvalue weighted by molar-refractivity contribution is -0.122. The van der Waals surface area contributed by atoms with E-state index in [1.807, 2.05) is 24.3 Å². The summed E-state index contributed by atoms with van der Waals surface area (Å²) >= 11 is 1.70. The van der Waals surface area contributed by atoms with Gasteiger partial charge in [-0.3, -0.25) is 4.79 Å². The maximum Gasteiger partial charge on any atom is 0.222 e. The molecule has 3 heterocycles. The van der Waals surface area contributed by atoms with E-state index in [4.69, 9.17) is 0 Å². The molecule has 5 heteroatoms. The Bertz CT molecular complexity index is 735. The fourth-order valence-corrected chi connectivity index (χ4v) is 5.44. The molecule has 2 aromatic rings. The summed E-state index contributed by atoms with van der Waals surface area (Å²) in [6.07, 6.45) is 5.89. The SMILES string of the molecule is O=C(CCN1CCC(CN2CCCC2)CC1)NC(c1ccccc1)c1cccs1. The van der Waals surface area contributed by atoms with E-state index in [-0.39, 0.29) is 11.9 Å². The molecule has 4 rings (SSSR count). The third-order valence-corrected chi connectivity index (χ3v) is 7.28. The van der Waals surface area contributed by atoms with E-state index in [9.17, 15) is 4.79 Å². The molecule has 4 nitrogen and oxygen atoms in total. The molecule has 1 unspecified atom stereocenters. The van der Waals surface area contributed by atoms with Crippen LogP contribution in [0.5, 0.6) is 0 Å². The number of carbonyl (C=O) groups excluding carboxylic acids is 1. The van der Waals surface area contributed by atoms with Crippen LogP contribution in [0.15, 0.2) is 47.8 Å². The average Bonchev–Trinajstić information content (AvgIpc) is 3.47. The number of thiophene rings is 1. The van der Waals surface area contributed by atoms with Gasteiger partial charge in [0.2, 0.25) is 5.91 Å². The van der Waals surface area contributed by atoms with Crippen molar-refractivity contribution < 1.29 is 4.79 Å². The molecule has 1 N–H and O–H groups in total. The highest BCUT2D eigenvalue weighted by atomic mass is 32.1. The molecule has 0 bridgehead atoms. The second kappa shape index (κ2) is 10.4. The number of nitrogens with zero attached hydrogens (tertiary/aromatic N) is 2. The lowest BCUT2D eigenvalue weighted by atomic mass is 9.96. The van der Waals surface area contributed by atoms with E-state index in [1.54, 1.807) is 11.3 Å². The zero-order chi connectivity index (χ0) is 19.9. The number of likely N-dealkylation sites (tertiary alicyclic amines) is 2. The van der Waals surface area contributed by atoms with Crippen LogP contribution in [0.25, 0.3) is 0 Å². The summed E-state index contributed by atoms with van der Waals surface area (Å²) in [7, 11) is 0. The summed E-state index contributed by atoms with van der Waals surface area (Å²) in [6, 6.07) is 14.4. The lowest BCUT2D eigenvalue weighted by Gasteiger charge is -2.33. The molecule has 29 heavy (non-hydrogen) atoms. The second-order valence-corrected chi connectivity index (χ2v) is 9.45. The Hall–Kier alpha value is -1.69. The number of rotatable bonds is 8. The highest BCUT2D eigenvalue weighted by molar-refractivity contribution is 7.10. The summed E-state index contributed by atoms with van der Waals surface area (Å²) in [5, 5.41) is 5.34. The summed E-state index contributed by atoms with van der Waals surface area (Å²) in [5.74, 6) is 0.992. The molecule has 1 aromatic carbocycles. The highest BCUT2D eigenvalue weighted by Crippen LogP contribution is 2.26. The van der Waals surface area contributed by atoms with Gasteiger partial charge in [-0.25, -0.2) is 0 Å². The molecular formula is C24H33N3OS. The van der Waals surface area contributed by atoms with E-state index in [0.29, 0.717) is 6.42 Å². The number of carbonyl (C=O) groups is 1. The van der Waals surface area contributed by atoms with Crippen LogP contribution in [0.4, 0.5) is 0 Å². The smallest absolute Gasteiger partial charge is 0.222 e. The van der Waals surface area contributed by atoms with Crippen LogP contribution in [0.3, 0.4) is 0 Å². The second-order valence-electron chi connectivity index (χ2n) is 8.47. The summed E-state index contributed by atoms with van der Waals surface area (Å²) in [6.45, 7) is 7.03. The van der Waals surface area contributed by atoms with Crippen molar-refractivity contribution >= 4 is 17.2 Å². The van der Waals surface area contributed by atoms with Crippen LogP contribution in [0.2, 0.25) is 0 Å². The van der Waals surface area contributed by atoms with Crippen LogP contribution in [-0.4, -0.2) is 55.0 Å². The summed E-state index contributed by atoms with van der Waals surface area (Å²) in [5.41, 5.74) is 1.14. The van der Waals surface area contributed by atoms with E-state index >= 15 is 0 Å². The monoisotopic (exact) mass is 411 g/mol. The first kappa shape index (κ1) is 20.6. The van der Waals surface area contributed by atoms with Crippen molar-refractivity contribution in [3.05, 3.63) is 58.3 Å². The summed E-state index contributed by atoms with van der Waals surface area (Å²) in [4.78, 5) is 19.0. The van der Waals surface area contributed by atoms with E-state index in [0.717, 1.165) is 31.1 Å². The van der Waals surface area contributed by atoms with E-state index in [1.165, 1.54) is 50.2 Å². The maximum atomic E-state index is 12.7. The fraction of sp³-hybridized carbons (Fsp3) is 0.542. The molecule has 0 saturated carbocycles. The van der Waals surface area contributed by atoms with Crippen molar-refractivity contribution in [1.82, 2.24) is 15.1 Å². The molecule has 2 aliphatic rings. The number of piperidine rings is 1. The first-order valence-corrected chi connectivity index (χ1v) is 12.0. The Morgan fingerprint density at radius 2 is 1.76 bits per heavy atom. The lowest BCUT2D eigenvalue weighted by Crippen LogP contribution is -2.40. The molecule has 1 atom stereocenters. The van der Waals surface area contributed by atoms with Gasteiger partial charge in [0.05, 0.1) is 6.04 Å². The molecule has 0 radical (unpaired) electrons. The third-order valence-electron chi connectivity index (χ3n) is 6.34. The maximum absolute atomic E-state index is 12.7. The average molecular weight is 412 g/mol. The minimum atomic E-state index is -0.0464. The van der Waals surface area contributed by atoms with Gasteiger partial charge in [-0.1, -0.05) is 36.4 Å². The van der Waals surface area contributed by atoms with Gasteiger partial charge >= 0.3 is 0 Å². The quantitative estimate of drug-likeness (QED) is 0.709. The summed E-state index contributed by atoms with van der Waals surface area (Å²) < 4.78 is 0. The number of benzene rings is 1. The third kappa shape index (κ3) is 5.91. The molecule has 1 amide bonds. The number of hydrogen-bond acceptors (Lipinski definition) is 4. The van der Waals surface area contributed by atoms with Crippen molar-refractivity contribution in [3.63, 3.8) is 0 Å². The molecule has 1 aromatic heterocycles. The molecule has 2 fully saturated rings. The minimum Gasteiger partial charge on any atom is -0.344 e. The molecule has 0 spiro atoms. The van der Waals surface area contributed by atoms with Crippen LogP contribution >= 0.6 is 11.3 Å². The zero-order valence-corrected chi connectivity index (χ0v) is 18.1. The fourth-order valence-electron chi connectivity index (χ4n) is 4.64. The molecule has 2 aliphatic heterocycles. The Morgan fingerprint density at radius 1 is 1.00 bits per heavy atom. The van der Waals surface area contributed by atoms with Crippen LogP contribution < -0.4 is 5.32 Å². The molecule has 2 saturated heterocycles. The molecule has 156 valence electrons. The van der Waals surface area contributed by atoms with Gasteiger partial charge in [0.25, 0.3) is 0 Å².